The molecule has 3 nitrogen and oxygen atoms in total. The Kier molecular flexibility index (Phi) is 6.94. The summed E-state index contributed by atoms with van der Waals surface area (Å²) in [6.07, 6.45) is 0.525. The summed E-state index contributed by atoms with van der Waals surface area (Å²) in [6.45, 7) is 4.95. The zero-order chi connectivity index (χ0) is 15.6. The van der Waals surface area contributed by atoms with Crippen LogP contribution in [0, 0.1) is 0 Å². The molecule has 2 aromatic rings. The summed E-state index contributed by atoms with van der Waals surface area (Å²) in [5.41, 5.74) is 1.33. The molecule has 3 heteroatoms. The van der Waals surface area contributed by atoms with Gasteiger partial charge in [-0.2, -0.15) is 0 Å². The van der Waals surface area contributed by atoms with Crippen LogP contribution in [0.1, 0.15) is 12.5 Å². The third kappa shape index (κ3) is 5.88. The van der Waals surface area contributed by atoms with Crippen LogP contribution in [0.5, 0.6) is 5.75 Å². The molecule has 22 heavy (non-hydrogen) atoms. The van der Waals surface area contributed by atoms with Gasteiger partial charge in [0.25, 0.3) is 0 Å². The largest absolute Gasteiger partial charge is 0.491 e. The predicted octanol–water partition coefficient (Wildman–Crippen LogP) is 2.99. The van der Waals surface area contributed by atoms with Crippen molar-refractivity contribution in [1.82, 2.24) is 4.90 Å². The first-order chi connectivity index (χ1) is 10.8. The first-order valence-corrected chi connectivity index (χ1v) is 7.90. The molecule has 0 aromatic heterocycles. The number of aliphatic hydroxyl groups is 1. The molecule has 2 rings (SSSR count). The van der Waals surface area contributed by atoms with Crippen LogP contribution in [0.25, 0.3) is 0 Å². The van der Waals surface area contributed by atoms with Gasteiger partial charge in [-0.1, -0.05) is 55.5 Å². The van der Waals surface area contributed by atoms with Gasteiger partial charge >= 0.3 is 0 Å². The molecule has 0 aliphatic carbocycles. The SMILES string of the molecule is CCN(CCc1ccccc1)CC(O)COc1ccccc1. The van der Waals surface area contributed by atoms with E-state index in [9.17, 15) is 5.11 Å². The van der Waals surface area contributed by atoms with Crippen molar-refractivity contribution in [3.05, 3.63) is 66.2 Å². The molecule has 1 unspecified atom stereocenters. The number of rotatable bonds is 9. The fraction of sp³-hybridized carbons (Fsp3) is 0.368. The molecule has 0 aliphatic heterocycles. The molecule has 118 valence electrons. The van der Waals surface area contributed by atoms with Crippen LogP contribution in [0.3, 0.4) is 0 Å². The van der Waals surface area contributed by atoms with E-state index in [1.807, 2.05) is 36.4 Å². The average Bonchev–Trinajstić information content (AvgIpc) is 2.58. The number of aliphatic hydroxyl groups excluding tert-OH is 1. The van der Waals surface area contributed by atoms with Crippen LogP contribution >= 0.6 is 0 Å². The Morgan fingerprint density at radius 1 is 1.00 bits per heavy atom. The molecular formula is C19H25NO2. The molecule has 0 radical (unpaired) electrons. The maximum absolute atomic E-state index is 10.1. The summed E-state index contributed by atoms with van der Waals surface area (Å²) >= 11 is 0. The van der Waals surface area contributed by atoms with Crippen LogP contribution < -0.4 is 4.74 Å². The third-order valence-corrected chi connectivity index (χ3v) is 3.66. The van der Waals surface area contributed by atoms with Crippen LogP contribution in [0.2, 0.25) is 0 Å². The van der Waals surface area contributed by atoms with Gasteiger partial charge in [-0.3, -0.25) is 0 Å². The van der Waals surface area contributed by atoms with Crippen LogP contribution in [0.15, 0.2) is 60.7 Å². The minimum Gasteiger partial charge on any atom is -0.491 e. The highest BCUT2D eigenvalue weighted by Crippen LogP contribution is 2.09. The predicted molar refractivity (Wildman–Crippen MR) is 90.2 cm³/mol. The maximum Gasteiger partial charge on any atom is 0.119 e. The van der Waals surface area contributed by atoms with Crippen LogP contribution in [-0.4, -0.2) is 42.4 Å². The summed E-state index contributed by atoms with van der Waals surface area (Å²) in [6, 6.07) is 20.1. The molecule has 0 spiro atoms. The minimum atomic E-state index is -0.476. The second-order valence-corrected chi connectivity index (χ2v) is 5.41. The fourth-order valence-electron chi connectivity index (χ4n) is 2.37. The maximum atomic E-state index is 10.1. The van der Waals surface area contributed by atoms with Crippen LogP contribution in [-0.2, 0) is 6.42 Å². The van der Waals surface area contributed by atoms with E-state index in [4.69, 9.17) is 4.74 Å². The first kappa shape index (κ1) is 16.5. The lowest BCUT2D eigenvalue weighted by Gasteiger charge is -2.23. The standard InChI is InChI=1S/C19H25NO2/c1-2-20(14-13-17-9-5-3-6-10-17)15-18(21)16-22-19-11-7-4-8-12-19/h3-12,18,21H,2,13-16H2,1H3. The molecule has 0 bridgehead atoms. The lowest BCUT2D eigenvalue weighted by atomic mass is 10.1. The van der Waals surface area contributed by atoms with E-state index in [-0.39, 0.29) is 0 Å². The molecule has 0 heterocycles. The molecule has 1 N–H and O–H groups in total. The van der Waals surface area contributed by atoms with Gasteiger partial charge in [0.05, 0.1) is 0 Å². The topological polar surface area (TPSA) is 32.7 Å². The van der Waals surface area contributed by atoms with Gasteiger partial charge in [-0.15, -0.1) is 0 Å². The monoisotopic (exact) mass is 299 g/mol. The van der Waals surface area contributed by atoms with Crippen molar-refractivity contribution in [3.8, 4) is 5.75 Å². The molecule has 1 atom stereocenters. The fourth-order valence-corrected chi connectivity index (χ4v) is 2.37. The number of likely N-dealkylation sites (N-methyl/N-ethyl adjacent to an activating group) is 1. The second-order valence-electron chi connectivity index (χ2n) is 5.41. The molecule has 0 saturated heterocycles. The molecule has 0 aliphatic rings. The Morgan fingerprint density at radius 2 is 1.64 bits per heavy atom. The zero-order valence-electron chi connectivity index (χ0n) is 13.2. The number of hydrogen-bond acceptors (Lipinski definition) is 3. The van der Waals surface area contributed by atoms with Gasteiger partial charge in [-0.05, 0) is 30.7 Å². The third-order valence-electron chi connectivity index (χ3n) is 3.66. The number of benzene rings is 2. The summed E-state index contributed by atoms with van der Waals surface area (Å²) in [5.74, 6) is 0.800. The molecule has 2 aromatic carbocycles. The number of hydrogen-bond donors (Lipinski definition) is 1. The van der Waals surface area contributed by atoms with Crippen molar-refractivity contribution in [3.63, 3.8) is 0 Å². The highest BCUT2D eigenvalue weighted by atomic mass is 16.5. The summed E-state index contributed by atoms with van der Waals surface area (Å²) in [7, 11) is 0. The Balaban J connectivity index is 1.72. The molecular weight excluding hydrogens is 274 g/mol. The van der Waals surface area contributed by atoms with Crippen LogP contribution in [0.4, 0.5) is 0 Å². The smallest absolute Gasteiger partial charge is 0.119 e. The van der Waals surface area contributed by atoms with Gasteiger partial charge < -0.3 is 14.7 Å². The molecule has 0 amide bonds. The minimum absolute atomic E-state index is 0.325. The summed E-state index contributed by atoms with van der Waals surface area (Å²) in [4.78, 5) is 2.26. The lowest BCUT2D eigenvalue weighted by molar-refractivity contribution is 0.0702. The highest BCUT2D eigenvalue weighted by molar-refractivity contribution is 5.20. The van der Waals surface area contributed by atoms with Crippen molar-refractivity contribution >= 4 is 0 Å². The Hall–Kier alpha value is -1.84. The van der Waals surface area contributed by atoms with E-state index in [2.05, 4.69) is 36.1 Å². The highest BCUT2D eigenvalue weighted by Gasteiger charge is 2.11. The molecule has 0 saturated carbocycles. The second kappa shape index (κ2) is 9.23. The van der Waals surface area contributed by atoms with Gasteiger partial charge in [0.1, 0.15) is 18.5 Å². The van der Waals surface area contributed by atoms with Gasteiger partial charge in [0.2, 0.25) is 0 Å². The number of nitrogens with zero attached hydrogens (tertiary/aromatic N) is 1. The van der Waals surface area contributed by atoms with Crippen molar-refractivity contribution in [1.29, 1.82) is 0 Å². The van der Waals surface area contributed by atoms with E-state index in [1.54, 1.807) is 0 Å². The van der Waals surface area contributed by atoms with Crippen molar-refractivity contribution in [2.45, 2.75) is 19.4 Å². The van der Waals surface area contributed by atoms with Gasteiger partial charge in [-0.25, -0.2) is 0 Å². The van der Waals surface area contributed by atoms with Crippen molar-refractivity contribution in [2.75, 3.05) is 26.2 Å². The van der Waals surface area contributed by atoms with E-state index >= 15 is 0 Å². The van der Waals surface area contributed by atoms with E-state index < -0.39 is 6.10 Å². The van der Waals surface area contributed by atoms with E-state index in [1.165, 1.54) is 5.56 Å². The van der Waals surface area contributed by atoms with Crippen molar-refractivity contribution in [2.24, 2.45) is 0 Å². The average molecular weight is 299 g/mol. The first-order valence-electron chi connectivity index (χ1n) is 7.90. The number of para-hydroxylation sites is 1. The van der Waals surface area contributed by atoms with Crippen molar-refractivity contribution < 1.29 is 9.84 Å². The lowest BCUT2D eigenvalue weighted by Crippen LogP contribution is -2.36. The van der Waals surface area contributed by atoms with Gasteiger partial charge in [0.15, 0.2) is 0 Å². The number of ether oxygens (including phenoxy) is 1. The van der Waals surface area contributed by atoms with Gasteiger partial charge in [0, 0.05) is 13.1 Å². The summed E-state index contributed by atoms with van der Waals surface area (Å²) < 4.78 is 5.60. The van der Waals surface area contributed by atoms with E-state index in [0.717, 1.165) is 25.3 Å². The molecule has 0 fully saturated rings. The normalized spacial score (nSPS) is 12.3. The Labute approximate surface area is 133 Å². The van der Waals surface area contributed by atoms with E-state index in [0.29, 0.717) is 13.2 Å². The summed E-state index contributed by atoms with van der Waals surface area (Å²) in [5, 5.41) is 10.1. The zero-order valence-corrected chi connectivity index (χ0v) is 13.2. The Bertz CT molecular complexity index is 515. The Morgan fingerprint density at radius 3 is 2.27 bits per heavy atom. The quantitative estimate of drug-likeness (QED) is 0.772.